The summed E-state index contributed by atoms with van der Waals surface area (Å²) in [6.07, 6.45) is 0. The van der Waals surface area contributed by atoms with Crippen LogP contribution in [0.25, 0.3) is 22.4 Å². The van der Waals surface area contributed by atoms with E-state index < -0.39 is 0 Å². The zero-order valence-electron chi connectivity index (χ0n) is 12.3. The number of halogens is 1. The van der Waals surface area contributed by atoms with Gasteiger partial charge in [0.05, 0.1) is 5.69 Å². The lowest BCUT2D eigenvalue weighted by molar-refractivity contribution is 0.623. The number of aromatic amines is 1. The second-order valence-corrected chi connectivity index (χ2v) is 5.58. The molecule has 0 spiro atoms. The molecule has 0 saturated carbocycles. The van der Waals surface area contributed by atoms with Crippen molar-refractivity contribution in [3.8, 4) is 11.3 Å². The van der Waals surface area contributed by atoms with Gasteiger partial charge in [-0.25, -0.2) is 5.10 Å². The van der Waals surface area contributed by atoms with Gasteiger partial charge in [0.2, 0.25) is 0 Å². The third kappa shape index (κ3) is 2.87. The minimum Gasteiger partial charge on any atom is -0.423 e. The molecule has 0 unspecified atom stereocenters. The van der Waals surface area contributed by atoms with E-state index in [-0.39, 0.29) is 5.56 Å². The number of hydrogen-bond acceptors (Lipinski definition) is 5. The summed E-state index contributed by atoms with van der Waals surface area (Å²) >= 11 is 5.95. The zero-order chi connectivity index (χ0) is 16.5. The fourth-order valence-electron chi connectivity index (χ4n) is 2.34. The molecule has 0 bridgehead atoms. The largest absolute Gasteiger partial charge is 0.423 e. The Kier molecular flexibility index (Phi) is 3.51. The number of hydrogen-bond donors (Lipinski definition) is 2. The Labute approximate surface area is 141 Å². The smallest absolute Gasteiger partial charge is 0.300 e. The number of H-pyrrole nitrogens is 1. The quantitative estimate of drug-likeness (QED) is 0.590. The molecule has 2 aromatic heterocycles. The number of rotatable bonds is 3. The van der Waals surface area contributed by atoms with Crippen LogP contribution in [0, 0.1) is 0 Å². The number of fused-ring (bicyclic) bond motifs is 1. The average molecular weight is 339 g/mol. The zero-order valence-corrected chi connectivity index (χ0v) is 13.0. The number of nitrogens with one attached hydrogen (secondary N) is 2. The van der Waals surface area contributed by atoms with Crippen molar-refractivity contribution >= 4 is 34.4 Å². The van der Waals surface area contributed by atoms with Crippen LogP contribution in [0.15, 0.2) is 63.8 Å². The van der Waals surface area contributed by atoms with Gasteiger partial charge in [0.1, 0.15) is 5.52 Å². The molecule has 0 saturated heterocycles. The Hall–Kier alpha value is -3.12. The van der Waals surface area contributed by atoms with E-state index in [1.807, 2.05) is 24.3 Å². The second-order valence-electron chi connectivity index (χ2n) is 5.14. The van der Waals surface area contributed by atoms with Gasteiger partial charge in [-0.3, -0.25) is 4.79 Å². The van der Waals surface area contributed by atoms with Crippen molar-refractivity contribution in [2.75, 3.05) is 5.32 Å². The predicted octanol–water partition coefficient (Wildman–Crippen LogP) is 3.98. The van der Waals surface area contributed by atoms with Crippen molar-refractivity contribution in [3.05, 3.63) is 70.0 Å². The maximum atomic E-state index is 11.1. The highest BCUT2D eigenvalue weighted by Crippen LogP contribution is 2.26. The molecule has 0 atom stereocenters. The SMILES string of the molecule is O=c1ccc(-c2cccc(Nc3nc4cc(Cl)ccc4o3)c2)n[nH]1. The summed E-state index contributed by atoms with van der Waals surface area (Å²) in [6, 6.07) is 16.3. The third-order valence-electron chi connectivity index (χ3n) is 3.44. The highest BCUT2D eigenvalue weighted by molar-refractivity contribution is 6.31. The molecule has 6 nitrogen and oxygen atoms in total. The molecule has 0 amide bonds. The third-order valence-corrected chi connectivity index (χ3v) is 3.67. The molecule has 4 aromatic rings. The molecule has 2 aromatic carbocycles. The summed E-state index contributed by atoms with van der Waals surface area (Å²) in [5.41, 5.74) is 3.41. The van der Waals surface area contributed by atoms with Crippen molar-refractivity contribution in [2.24, 2.45) is 0 Å². The normalized spacial score (nSPS) is 10.9. The first kappa shape index (κ1) is 14.5. The summed E-state index contributed by atoms with van der Waals surface area (Å²) in [5.74, 6) is 0. The summed E-state index contributed by atoms with van der Waals surface area (Å²) in [5, 5.41) is 10.2. The molecule has 2 heterocycles. The Morgan fingerprint density at radius 2 is 2.00 bits per heavy atom. The Morgan fingerprint density at radius 3 is 2.83 bits per heavy atom. The van der Waals surface area contributed by atoms with Gasteiger partial charge in [0.25, 0.3) is 11.6 Å². The van der Waals surface area contributed by atoms with Gasteiger partial charge >= 0.3 is 0 Å². The molecule has 118 valence electrons. The fraction of sp³-hybridized carbons (Fsp3) is 0. The molecule has 0 aliphatic carbocycles. The molecule has 7 heteroatoms. The minimum atomic E-state index is -0.238. The van der Waals surface area contributed by atoms with Gasteiger partial charge in [0, 0.05) is 22.3 Å². The number of aromatic nitrogens is 3. The number of benzene rings is 2. The van der Waals surface area contributed by atoms with Crippen molar-refractivity contribution in [1.29, 1.82) is 0 Å². The van der Waals surface area contributed by atoms with E-state index in [1.165, 1.54) is 6.07 Å². The summed E-state index contributed by atoms with van der Waals surface area (Å²) in [7, 11) is 0. The first-order valence-corrected chi connectivity index (χ1v) is 7.54. The van der Waals surface area contributed by atoms with Crippen molar-refractivity contribution < 1.29 is 4.42 Å². The number of anilines is 2. The molecule has 0 aliphatic rings. The molecule has 24 heavy (non-hydrogen) atoms. The lowest BCUT2D eigenvalue weighted by Gasteiger charge is -2.04. The van der Waals surface area contributed by atoms with Gasteiger partial charge in [-0.15, -0.1) is 0 Å². The average Bonchev–Trinajstić information content (AvgIpc) is 2.97. The lowest BCUT2D eigenvalue weighted by Crippen LogP contribution is -2.05. The standard InChI is InChI=1S/C17H11ClN4O2/c18-11-4-6-15-14(9-11)20-17(24-15)19-12-3-1-2-10(8-12)13-5-7-16(23)22-21-13/h1-9H,(H,19,20)(H,22,23). The topological polar surface area (TPSA) is 83.8 Å². The highest BCUT2D eigenvalue weighted by atomic mass is 35.5. The maximum absolute atomic E-state index is 11.1. The van der Waals surface area contributed by atoms with Crippen LogP contribution in [0.1, 0.15) is 0 Å². The van der Waals surface area contributed by atoms with Gasteiger partial charge in [-0.05, 0) is 36.4 Å². The van der Waals surface area contributed by atoms with E-state index in [4.69, 9.17) is 16.0 Å². The predicted molar refractivity (Wildman–Crippen MR) is 92.6 cm³/mol. The molecular weight excluding hydrogens is 328 g/mol. The second kappa shape index (κ2) is 5.82. The van der Waals surface area contributed by atoms with Crippen LogP contribution in [-0.4, -0.2) is 15.2 Å². The number of nitrogens with zero attached hydrogens (tertiary/aromatic N) is 2. The highest BCUT2D eigenvalue weighted by Gasteiger charge is 2.07. The van der Waals surface area contributed by atoms with Gasteiger partial charge in [-0.2, -0.15) is 10.1 Å². The van der Waals surface area contributed by atoms with Gasteiger partial charge in [0.15, 0.2) is 5.58 Å². The van der Waals surface area contributed by atoms with Crippen molar-refractivity contribution in [2.45, 2.75) is 0 Å². The van der Waals surface area contributed by atoms with Crippen LogP contribution in [0.2, 0.25) is 5.02 Å². The number of oxazole rings is 1. The van der Waals surface area contributed by atoms with E-state index >= 15 is 0 Å². The van der Waals surface area contributed by atoms with E-state index in [0.29, 0.717) is 27.8 Å². The molecular formula is C17H11ClN4O2. The summed E-state index contributed by atoms with van der Waals surface area (Å²) in [4.78, 5) is 15.5. The van der Waals surface area contributed by atoms with E-state index in [2.05, 4.69) is 20.5 Å². The van der Waals surface area contributed by atoms with E-state index in [9.17, 15) is 4.79 Å². The van der Waals surface area contributed by atoms with Crippen LogP contribution in [-0.2, 0) is 0 Å². The van der Waals surface area contributed by atoms with Crippen LogP contribution >= 0.6 is 11.6 Å². The van der Waals surface area contributed by atoms with Crippen LogP contribution < -0.4 is 10.9 Å². The van der Waals surface area contributed by atoms with Crippen molar-refractivity contribution in [3.63, 3.8) is 0 Å². The molecule has 2 N–H and O–H groups in total. The Morgan fingerprint density at radius 1 is 1.08 bits per heavy atom. The monoisotopic (exact) mass is 338 g/mol. The maximum Gasteiger partial charge on any atom is 0.300 e. The summed E-state index contributed by atoms with van der Waals surface area (Å²) in [6.45, 7) is 0. The first-order chi connectivity index (χ1) is 11.7. The Balaban J connectivity index is 1.65. The van der Waals surface area contributed by atoms with Gasteiger partial charge in [-0.1, -0.05) is 23.7 Å². The lowest BCUT2D eigenvalue weighted by atomic mass is 10.1. The fourth-order valence-corrected chi connectivity index (χ4v) is 2.51. The molecule has 0 radical (unpaired) electrons. The van der Waals surface area contributed by atoms with Crippen molar-refractivity contribution in [1.82, 2.24) is 15.2 Å². The van der Waals surface area contributed by atoms with E-state index in [1.54, 1.807) is 24.3 Å². The summed E-state index contributed by atoms with van der Waals surface area (Å²) < 4.78 is 5.64. The van der Waals surface area contributed by atoms with Crippen LogP contribution in [0.5, 0.6) is 0 Å². The minimum absolute atomic E-state index is 0.238. The van der Waals surface area contributed by atoms with Crippen LogP contribution in [0.4, 0.5) is 11.7 Å². The van der Waals surface area contributed by atoms with Crippen LogP contribution in [0.3, 0.4) is 0 Å². The Bertz CT molecular complexity index is 1070. The molecule has 4 rings (SSSR count). The first-order valence-electron chi connectivity index (χ1n) is 7.17. The molecule has 0 aliphatic heterocycles. The molecule has 0 fully saturated rings. The van der Waals surface area contributed by atoms with Gasteiger partial charge < -0.3 is 9.73 Å². The van der Waals surface area contributed by atoms with E-state index in [0.717, 1.165) is 11.3 Å².